The highest BCUT2D eigenvalue weighted by atomic mass is 16.6. The average molecular weight is 365 g/mol. The predicted octanol–water partition coefficient (Wildman–Crippen LogP) is 2.31. The molecule has 0 aliphatic heterocycles. The van der Waals surface area contributed by atoms with Gasteiger partial charge in [0.05, 0.1) is 17.7 Å². The van der Waals surface area contributed by atoms with Gasteiger partial charge in [0.2, 0.25) is 0 Å². The van der Waals surface area contributed by atoms with Crippen LogP contribution in [0.1, 0.15) is 21.6 Å². The molecule has 136 valence electrons. The number of nitro groups is 1. The van der Waals surface area contributed by atoms with Gasteiger partial charge in [0, 0.05) is 23.9 Å². The summed E-state index contributed by atoms with van der Waals surface area (Å²) in [6, 6.07) is 14.2. The molecule has 0 saturated heterocycles. The molecule has 0 aliphatic carbocycles. The van der Waals surface area contributed by atoms with Gasteiger partial charge in [-0.25, -0.2) is 5.43 Å². The monoisotopic (exact) mass is 365 g/mol. The van der Waals surface area contributed by atoms with E-state index in [1.54, 1.807) is 41.2 Å². The Kier molecular flexibility index (Phi) is 5.22. The number of carbonyl (C=O) groups excluding carboxylic acids is 1. The van der Waals surface area contributed by atoms with E-state index in [0.29, 0.717) is 12.1 Å². The maximum Gasteiger partial charge on any atom is 0.291 e. The molecular weight excluding hydrogens is 350 g/mol. The molecule has 0 aliphatic rings. The largest absolute Gasteiger partial charge is 0.507 e. The molecule has 0 unspecified atom stereocenters. The number of nitrogens with one attached hydrogen (secondary N) is 1. The van der Waals surface area contributed by atoms with Crippen LogP contribution in [0.4, 0.5) is 5.69 Å². The normalized spacial score (nSPS) is 10.8. The number of hydrogen-bond donors (Lipinski definition) is 2. The minimum Gasteiger partial charge on any atom is -0.507 e. The number of nitro benzene ring substituents is 1. The second kappa shape index (κ2) is 7.91. The molecule has 0 fully saturated rings. The zero-order valence-electron chi connectivity index (χ0n) is 14.0. The molecule has 0 spiro atoms. The molecule has 9 heteroatoms. The van der Waals surface area contributed by atoms with Crippen molar-refractivity contribution in [2.24, 2.45) is 5.10 Å². The van der Waals surface area contributed by atoms with Gasteiger partial charge < -0.3 is 5.11 Å². The zero-order chi connectivity index (χ0) is 19.2. The molecule has 1 amide bonds. The van der Waals surface area contributed by atoms with Gasteiger partial charge in [0.15, 0.2) is 5.69 Å². The van der Waals surface area contributed by atoms with Crippen LogP contribution in [0, 0.1) is 10.1 Å². The summed E-state index contributed by atoms with van der Waals surface area (Å²) in [6.07, 6.45) is 2.96. The number of benzene rings is 2. The van der Waals surface area contributed by atoms with Crippen molar-refractivity contribution in [2.45, 2.75) is 6.54 Å². The molecule has 2 N–H and O–H groups in total. The van der Waals surface area contributed by atoms with Crippen LogP contribution in [-0.2, 0) is 6.54 Å². The number of carbonyl (C=O) groups is 1. The second-order valence-corrected chi connectivity index (χ2v) is 5.58. The molecule has 2 aromatic carbocycles. The molecule has 9 nitrogen and oxygen atoms in total. The molecule has 0 radical (unpaired) electrons. The number of aromatic nitrogens is 2. The van der Waals surface area contributed by atoms with Crippen LogP contribution in [0.2, 0.25) is 0 Å². The Morgan fingerprint density at radius 3 is 2.67 bits per heavy atom. The van der Waals surface area contributed by atoms with E-state index >= 15 is 0 Å². The lowest BCUT2D eigenvalue weighted by Crippen LogP contribution is -2.18. The lowest BCUT2D eigenvalue weighted by Gasteiger charge is -2.02. The summed E-state index contributed by atoms with van der Waals surface area (Å²) < 4.78 is 1.54. The van der Waals surface area contributed by atoms with Crippen molar-refractivity contribution in [3.8, 4) is 5.75 Å². The van der Waals surface area contributed by atoms with E-state index in [4.69, 9.17) is 0 Å². The Morgan fingerprint density at radius 1 is 1.22 bits per heavy atom. The number of phenols is 1. The van der Waals surface area contributed by atoms with Crippen molar-refractivity contribution in [1.82, 2.24) is 15.2 Å². The van der Waals surface area contributed by atoms with E-state index in [9.17, 15) is 20.0 Å². The lowest BCUT2D eigenvalue weighted by atomic mass is 10.2. The Balaban J connectivity index is 1.60. The molecule has 1 aromatic heterocycles. The van der Waals surface area contributed by atoms with Crippen LogP contribution in [0.15, 0.2) is 65.9 Å². The van der Waals surface area contributed by atoms with Gasteiger partial charge in [-0.2, -0.15) is 10.2 Å². The van der Waals surface area contributed by atoms with Gasteiger partial charge in [-0.15, -0.1) is 0 Å². The summed E-state index contributed by atoms with van der Waals surface area (Å²) in [5.41, 5.74) is 3.82. The van der Waals surface area contributed by atoms with Crippen LogP contribution in [0.5, 0.6) is 5.75 Å². The SMILES string of the molecule is O=C(N/N=C/c1ccccc1O)c1ccn(Cc2ccc([N+](=O)[O-])cc2)n1. The Bertz CT molecular complexity index is 995. The number of para-hydroxylation sites is 1. The van der Waals surface area contributed by atoms with Crippen LogP contribution in [0.25, 0.3) is 0 Å². The molecular formula is C18H15N5O4. The van der Waals surface area contributed by atoms with Gasteiger partial charge in [-0.05, 0) is 23.8 Å². The van der Waals surface area contributed by atoms with Crippen molar-refractivity contribution >= 4 is 17.8 Å². The fourth-order valence-corrected chi connectivity index (χ4v) is 2.30. The number of nitrogens with zero attached hydrogens (tertiary/aromatic N) is 4. The van der Waals surface area contributed by atoms with E-state index in [1.807, 2.05) is 0 Å². The summed E-state index contributed by atoms with van der Waals surface area (Å²) >= 11 is 0. The third-order valence-corrected chi connectivity index (χ3v) is 3.67. The summed E-state index contributed by atoms with van der Waals surface area (Å²) in [4.78, 5) is 22.3. The highest BCUT2D eigenvalue weighted by Gasteiger charge is 2.09. The van der Waals surface area contributed by atoms with E-state index in [2.05, 4.69) is 15.6 Å². The first-order valence-corrected chi connectivity index (χ1v) is 7.91. The highest BCUT2D eigenvalue weighted by molar-refractivity contribution is 5.93. The molecule has 3 rings (SSSR count). The maximum absolute atomic E-state index is 12.1. The van der Waals surface area contributed by atoms with Gasteiger partial charge >= 0.3 is 0 Å². The third-order valence-electron chi connectivity index (χ3n) is 3.67. The molecule has 3 aromatic rings. The zero-order valence-corrected chi connectivity index (χ0v) is 14.0. The molecule has 1 heterocycles. The topological polar surface area (TPSA) is 123 Å². The van der Waals surface area contributed by atoms with Gasteiger partial charge in [0.25, 0.3) is 11.6 Å². The van der Waals surface area contributed by atoms with Crippen molar-refractivity contribution in [1.29, 1.82) is 0 Å². The molecule has 27 heavy (non-hydrogen) atoms. The van der Waals surface area contributed by atoms with Gasteiger partial charge in [-0.3, -0.25) is 19.6 Å². The number of non-ortho nitro benzene ring substituents is 1. The van der Waals surface area contributed by atoms with Crippen LogP contribution < -0.4 is 5.43 Å². The molecule has 0 saturated carbocycles. The number of hydrazone groups is 1. The first-order valence-electron chi connectivity index (χ1n) is 7.91. The predicted molar refractivity (Wildman–Crippen MR) is 97.6 cm³/mol. The quantitative estimate of drug-likeness (QED) is 0.394. The highest BCUT2D eigenvalue weighted by Crippen LogP contribution is 2.13. The van der Waals surface area contributed by atoms with Crippen molar-refractivity contribution in [3.05, 3.63) is 87.7 Å². The maximum atomic E-state index is 12.1. The van der Waals surface area contributed by atoms with E-state index in [1.165, 1.54) is 30.5 Å². The first kappa shape index (κ1) is 17.8. The van der Waals surface area contributed by atoms with Crippen LogP contribution in [0.3, 0.4) is 0 Å². The summed E-state index contributed by atoms with van der Waals surface area (Å²) in [7, 11) is 0. The van der Waals surface area contributed by atoms with Crippen LogP contribution in [-0.4, -0.2) is 31.9 Å². The average Bonchev–Trinajstić information content (AvgIpc) is 3.12. The Morgan fingerprint density at radius 2 is 1.96 bits per heavy atom. The minimum absolute atomic E-state index is 0.0154. The smallest absolute Gasteiger partial charge is 0.291 e. The molecule has 0 bridgehead atoms. The number of amides is 1. The summed E-state index contributed by atoms with van der Waals surface area (Å²) in [5, 5.41) is 28.2. The fourth-order valence-electron chi connectivity index (χ4n) is 2.30. The second-order valence-electron chi connectivity index (χ2n) is 5.58. The third kappa shape index (κ3) is 4.54. The number of phenolic OH excluding ortho intramolecular Hbond substituents is 1. The van der Waals surface area contributed by atoms with Gasteiger partial charge in [-0.1, -0.05) is 24.3 Å². The van der Waals surface area contributed by atoms with E-state index < -0.39 is 10.8 Å². The van der Waals surface area contributed by atoms with Crippen molar-refractivity contribution in [2.75, 3.05) is 0 Å². The minimum atomic E-state index is -0.496. The first-order chi connectivity index (χ1) is 13.0. The van der Waals surface area contributed by atoms with E-state index in [-0.39, 0.29) is 17.1 Å². The number of rotatable bonds is 6. The van der Waals surface area contributed by atoms with Crippen molar-refractivity contribution < 1.29 is 14.8 Å². The summed E-state index contributed by atoms with van der Waals surface area (Å²) in [6.45, 7) is 0.367. The van der Waals surface area contributed by atoms with Crippen molar-refractivity contribution in [3.63, 3.8) is 0 Å². The lowest BCUT2D eigenvalue weighted by molar-refractivity contribution is -0.384. The standard InChI is InChI=1S/C18H15N5O4/c24-17-4-2-1-3-14(17)11-19-20-18(25)16-9-10-22(21-16)12-13-5-7-15(8-6-13)23(26)27/h1-11,24H,12H2,(H,20,25)/b19-11+. The van der Waals surface area contributed by atoms with E-state index in [0.717, 1.165) is 5.56 Å². The molecule has 0 atom stereocenters. The summed E-state index contributed by atoms with van der Waals surface area (Å²) in [5.74, 6) is -0.438. The van der Waals surface area contributed by atoms with Crippen LogP contribution >= 0.6 is 0 Å². The van der Waals surface area contributed by atoms with Gasteiger partial charge in [0.1, 0.15) is 5.75 Å². The Labute approximate surface area is 153 Å². The fraction of sp³-hybridized carbons (Fsp3) is 0.0556. The Hall–Kier alpha value is -4.01. The number of hydrogen-bond acceptors (Lipinski definition) is 6. The number of aromatic hydroxyl groups is 1.